The van der Waals surface area contributed by atoms with Crippen molar-refractivity contribution in [2.45, 2.75) is 11.7 Å². The number of phosphoric acid groups is 1. The van der Waals surface area contributed by atoms with E-state index in [1.54, 1.807) is 36.4 Å². The fourth-order valence-corrected chi connectivity index (χ4v) is 4.72. The molecule has 0 aromatic heterocycles. The Hall–Kier alpha value is -2.90. The fraction of sp³-hybridized carbons (Fsp3) is 0.190. The summed E-state index contributed by atoms with van der Waals surface area (Å²) in [5.41, 5.74) is 0.582. The molecule has 0 saturated heterocycles. The zero-order valence-electron chi connectivity index (χ0n) is 15.7. The highest BCUT2D eigenvalue weighted by Gasteiger charge is 2.57. The third-order valence-electron chi connectivity index (χ3n) is 5.44. The van der Waals surface area contributed by atoms with Crippen LogP contribution in [0.25, 0.3) is 0 Å². The predicted octanol–water partition coefficient (Wildman–Crippen LogP) is 2.42. The molecular weight excluding hydrogens is 411 g/mol. The number of carbonyl (C=O) groups is 1. The van der Waals surface area contributed by atoms with Crippen LogP contribution >= 0.6 is 7.82 Å². The molecule has 0 fully saturated rings. The second kappa shape index (κ2) is 6.55. The molecule has 9 heteroatoms. The van der Waals surface area contributed by atoms with Crippen molar-refractivity contribution in [1.29, 1.82) is 0 Å². The molecule has 2 aromatic carbocycles. The SMILES string of the molecule is COc1ccc2c(c1)OC1=CC(OP(=O)([O-])O)C=CC1C21OC(=O)c2ccccc21. The van der Waals surface area contributed by atoms with Crippen molar-refractivity contribution < 1.29 is 37.9 Å². The van der Waals surface area contributed by atoms with Crippen LogP contribution in [0, 0.1) is 5.92 Å². The van der Waals surface area contributed by atoms with Crippen LogP contribution in [-0.4, -0.2) is 24.1 Å². The van der Waals surface area contributed by atoms with Crippen molar-refractivity contribution in [2.75, 3.05) is 7.11 Å². The van der Waals surface area contributed by atoms with Gasteiger partial charge in [-0.25, -0.2) is 4.79 Å². The summed E-state index contributed by atoms with van der Waals surface area (Å²) in [7, 11) is -3.44. The summed E-state index contributed by atoms with van der Waals surface area (Å²) < 4.78 is 33.2. The number of benzene rings is 2. The highest BCUT2D eigenvalue weighted by molar-refractivity contribution is 7.44. The summed E-state index contributed by atoms with van der Waals surface area (Å²) in [5, 5.41) is 0. The van der Waals surface area contributed by atoms with Gasteiger partial charge < -0.3 is 28.5 Å². The van der Waals surface area contributed by atoms with Crippen LogP contribution in [0.15, 0.2) is 66.5 Å². The van der Waals surface area contributed by atoms with Gasteiger partial charge >= 0.3 is 5.97 Å². The Balaban J connectivity index is 1.72. The lowest BCUT2D eigenvalue weighted by Crippen LogP contribution is -2.43. The number of ether oxygens (including phenoxy) is 3. The summed E-state index contributed by atoms with van der Waals surface area (Å²) in [5.74, 6) is 0.264. The van der Waals surface area contributed by atoms with E-state index in [0.29, 0.717) is 33.9 Å². The van der Waals surface area contributed by atoms with Gasteiger partial charge in [0.25, 0.3) is 7.82 Å². The number of carbonyl (C=O) groups excluding carboxylic acids is 1. The number of methoxy groups -OCH3 is 1. The average molecular weight is 427 g/mol. The molecule has 3 aliphatic rings. The lowest BCUT2D eigenvalue weighted by atomic mass is 9.71. The number of fused-ring (bicyclic) bond motifs is 6. The Morgan fingerprint density at radius 1 is 1.17 bits per heavy atom. The first-order valence-corrected chi connectivity index (χ1v) is 10.6. The van der Waals surface area contributed by atoms with Crippen LogP contribution in [0.5, 0.6) is 11.5 Å². The molecule has 2 aliphatic heterocycles. The van der Waals surface area contributed by atoms with E-state index in [4.69, 9.17) is 19.1 Å². The minimum absolute atomic E-state index is 0.334. The van der Waals surface area contributed by atoms with E-state index < -0.39 is 31.4 Å². The Morgan fingerprint density at radius 3 is 2.73 bits per heavy atom. The van der Waals surface area contributed by atoms with Crippen LogP contribution in [-0.2, 0) is 19.4 Å². The zero-order valence-corrected chi connectivity index (χ0v) is 16.6. The van der Waals surface area contributed by atoms with Crippen molar-refractivity contribution >= 4 is 13.8 Å². The maximum Gasteiger partial charge on any atom is 0.339 e. The van der Waals surface area contributed by atoms with Crippen molar-refractivity contribution in [1.82, 2.24) is 0 Å². The highest BCUT2D eigenvalue weighted by Crippen LogP contribution is 2.57. The van der Waals surface area contributed by atoms with E-state index in [1.807, 2.05) is 12.1 Å². The largest absolute Gasteiger partial charge is 0.756 e. The van der Waals surface area contributed by atoms with Gasteiger partial charge in [-0.15, -0.1) is 0 Å². The third-order valence-corrected chi connectivity index (χ3v) is 5.95. The lowest BCUT2D eigenvalue weighted by Gasteiger charge is -2.43. The van der Waals surface area contributed by atoms with Crippen LogP contribution in [0.4, 0.5) is 0 Å². The molecule has 1 aliphatic carbocycles. The molecule has 30 heavy (non-hydrogen) atoms. The molecule has 0 amide bonds. The predicted molar refractivity (Wildman–Crippen MR) is 102 cm³/mol. The molecule has 1 N–H and O–H groups in total. The van der Waals surface area contributed by atoms with Crippen molar-refractivity contribution in [3.63, 3.8) is 0 Å². The van der Waals surface area contributed by atoms with Gasteiger partial charge in [-0.1, -0.05) is 30.4 Å². The zero-order chi connectivity index (χ0) is 21.1. The first kappa shape index (κ1) is 19.1. The second-order valence-corrected chi connectivity index (χ2v) is 8.25. The molecule has 0 saturated carbocycles. The van der Waals surface area contributed by atoms with Gasteiger partial charge in [0, 0.05) is 17.2 Å². The molecule has 0 bridgehead atoms. The van der Waals surface area contributed by atoms with Gasteiger partial charge in [0.2, 0.25) is 0 Å². The minimum atomic E-state index is -4.96. The van der Waals surface area contributed by atoms with Gasteiger partial charge in [-0.2, -0.15) is 0 Å². The van der Waals surface area contributed by atoms with Crippen LogP contribution in [0.3, 0.4) is 0 Å². The monoisotopic (exact) mass is 427 g/mol. The molecule has 4 atom stereocenters. The number of esters is 1. The summed E-state index contributed by atoms with van der Waals surface area (Å²) in [6, 6.07) is 12.3. The van der Waals surface area contributed by atoms with Gasteiger partial charge in [0.05, 0.1) is 18.6 Å². The Bertz CT molecular complexity index is 1160. The molecule has 154 valence electrons. The molecular formula is C21H16O8P-. The fourth-order valence-electron chi connectivity index (χ4n) is 4.28. The molecule has 8 nitrogen and oxygen atoms in total. The van der Waals surface area contributed by atoms with Gasteiger partial charge in [-0.05, 0) is 24.3 Å². The smallest absolute Gasteiger partial charge is 0.339 e. The maximum atomic E-state index is 12.7. The topological polar surface area (TPSA) is 114 Å². The maximum absolute atomic E-state index is 12.7. The number of hydrogen-bond donors (Lipinski definition) is 1. The van der Waals surface area contributed by atoms with E-state index in [1.165, 1.54) is 19.3 Å². The van der Waals surface area contributed by atoms with Gasteiger partial charge in [-0.3, -0.25) is 4.57 Å². The summed E-state index contributed by atoms with van der Waals surface area (Å²) in [6.45, 7) is 0. The number of rotatable bonds is 3. The van der Waals surface area contributed by atoms with E-state index in [-0.39, 0.29) is 0 Å². The Morgan fingerprint density at radius 2 is 1.97 bits per heavy atom. The molecule has 1 spiro atoms. The van der Waals surface area contributed by atoms with Gasteiger partial charge in [0.15, 0.2) is 5.60 Å². The third kappa shape index (κ3) is 2.80. The van der Waals surface area contributed by atoms with E-state index in [2.05, 4.69) is 4.52 Å². The standard InChI is InChI=1S/C21H17O8P/c1-26-12-6-8-16-18(10-12)27-19-11-13(29-30(23,24)25)7-9-17(19)21(16)15-5-3-2-4-14(15)20(22)28-21/h2-11,13,17H,1H3,(H2,23,24,25)/p-1. The lowest BCUT2D eigenvalue weighted by molar-refractivity contribution is -0.221. The van der Waals surface area contributed by atoms with Crippen molar-refractivity contribution in [3.8, 4) is 11.5 Å². The average Bonchev–Trinajstić information content (AvgIpc) is 3.00. The quantitative estimate of drug-likeness (QED) is 0.451. The molecule has 0 radical (unpaired) electrons. The van der Waals surface area contributed by atoms with Crippen LogP contribution in [0.1, 0.15) is 21.5 Å². The highest BCUT2D eigenvalue weighted by atomic mass is 31.2. The number of hydrogen-bond acceptors (Lipinski definition) is 7. The number of phosphoric ester groups is 1. The second-order valence-electron chi connectivity index (χ2n) is 7.11. The van der Waals surface area contributed by atoms with Crippen molar-refractivity contribution in [3.05, 3.63) is 83.1 Å². The van der Waals surface area contributed by atoms with E-state index in [9.17, 15) is 14.3 Å². The molecule has 5 rings (SSSR count). The van der Waals surface area contributed by atoms with Crippen molar-refractivity contribution in [2.24, 2.45) is 5.92 Å². The Labute approximate surface area is 171 Å². The first-order valence-electron chi connectivity index (χ1n) is 9.13. The summed E-state index contributed by atoms with van der Waals surface area (Å²) in [6.07, 6.45) is 3.52. The first-order chi connectivity index (χ1) is 14.3. The molecule has 4 unspecified atom stereocenters. The van der Waals surface area contributed by atoms with E-state index >= 15 is 0 Å². The van der Waals surface area contributed by atoms with E-state index in [0.717, 1.165) is 0 Å². The van der Waals surface area contributed by atoms with Crippen LogP contribution in [0.2, 0.25) is 0 Å². The molecule has 2 heterocycles. The molecule has 2 aromatic rings. The van der Waals surface area contributed by atoms with Gasteiger partial charge in [0.1, 0.15) is 23.4 Å². The summed E-state index contributed by atoms with van der Waals surface area (Å²) in [4.78, 5) is 32.9. The van der Waals surface area contributed by atoms with Crippen LogP contribution < -0.4 is 14.4 Å². The minimum Gasteiger partial charge on any atom is -0.756 e. The summed E-state index contributed by atoms with van der Waals surface area (Å²) >= 11 is 0. The Kier molecular flexibility index (Phi) is 4.17. The normalized spacial score (nSPS) is 27.8.